The quantitative estimate of drug-likeness (QED) is 0.267. The Balaban J connectivity index is 1.62. The summed E-state index contributed by atoms with van der Waals surface area (Å²) in [4.78, 5) is 38.4. The molecule has 0 atom stereocenters. The van der Waals surface area contributed by atoms with Crippen LogP contribution in [0.4, 0.5) is 11.4 Å². The lowest BCUT2D eigenvalue weighted by molar-refractivity contribution is -0.133. The van der Waals surface area contributed by atoms with Crippen molar-refractivity contribution in [2.24, 2.45) is 0 Å². The normalized spacial score (nSPS) is 10.7. The monoisotopic (exact) mass is 582 g/mol. The van der Waals surface area contributed by atoms with Crippen molar-refractivity contribution in [1.29, 1.82) is 0 Å². The summed E-state index contributed by atoms with van der Waals surface area (Å²) in [5.74, 6) is -2.19. The number of carbonyl (C=O) groups excluding carboxylic acids is 3. The molecule has 3 amide bonds. The highest BCUT2D eigenvalue weighted by atomic mass is 79.9. The van der Waals surface area contributed by atoms with E-state index in [0.717, 1.165) is 20.1 Å². The van der Waals surface area contributed by atoms with Crippen molar-refractivity contribution in [2.75, 3.05) is 16.1 Å². The minimum atomic E-state index is -0.908. The molecule has 7 nitrogen and oxygen atoms in total. The number of nitrogens with zero attached hydrogens (tertiary/aromatic N) is 1. The molecule has 0 spiro atoms. The van der Waals surface area contributed by atoms with Gasteiger partial charge in [0.15, 0.2) is 0 Å². The van der Waals surface area contributed by atoms with Crippen LogP contribution in [0.2, 0.25) is 0 Å². The van der Waals surface area contributed by atoms with E-state index in [9.17, 15) is 14.4 Å². The molecule has 0 aliphatic carbocycles. The second-order valence-electron chi connectivity index (χ2n) is 7.75. The Morgan fingerprint density at radius 1 is 0.765 bits per heavy atom. The number of benzene rings is 3. The smallest absolute Gasteiger partial charge is 0.321 e. The van der Waals surface area contributed by atoms with Crippen LogP contribution in [-0.4, -0.2) is 22.4 Å². The van der Waals surface area contributed by atoms with E-state index in [1.807, 2.05) is 44.2 Å². The molecule has 0 radical (unpaired) electrons. The summed E-state index contributed by atoms with van der Waals surface area (Å²) in [6, 6.07) is 19.5. The first-order valence-corrected chi connectivity index (χ1v) is 11.9. The van der Waals surface area contributed by atoms with Gasteiger partial charge in [0.2, 0.25) is 0 Å². The lowest BCUT2D eigenvalue weighted by atomic mass is 10.2. The topological polar surface area (TPSA) is 92.2 Å². The maximum Gasteiger partial charge on any atom is 0.328 e. The first kappa shape index (κ1) is 23.7. The molecule has 1 heterocycles. The number of carbonyl (C=O) groups is 3. The number of rotatable bonds is 4. The van der Waals surface area contributed by atoms with E-state index < -0.39 is 17.7 Å². The standard InChI is InChI=1S/C25H20Br2N4O3/c1-14-3-6-18(7-4-14)28-24(33)25(34)30-31-21-10-5-17(26)12-16(21)13-22(31)23(32)29-19-8-9-20(27)15(2)11-19/h3-13H,1-2H3,(H,28,33)(H,29,32)(H,30,34). The summed E-state index contributed by atoms with van der Waals surface area (Å²) >= 11 is 6.87. The molecule has 0 aliphatic rings. The zero-order chi connectivity index (χ0) is 24.4. The molecule has 34 heavy (non-hydrogen) atoms. The summed E-state index contributed by atoms with van der Waals surface area (Å²) in [5, 5.41) is 6.12. The molecule has 172 valence electrons. The van der Waals surface area contributed by atoms with Crippen LogP contribution >= 0.6 is 31.9 Å². The Morgan fingerprint density at radius 3 is 2.18 bits per heavy atom. The Kier molecular flexibility index (Phi) is 6.85. The van der Waals surface area contributed by atoms with Crippen LogP contribution in [0, 0.1) is 13.8 Å². The van der Waals surface area contributed by atoms with Crippen molar-refractivity contribution in [3.63, 3.8) is 0 Å². The van der Waals surface area contributed by atoms with Crippen LogP contribution < -0.4 is 16.1 Å². The van der Waals surface area contributed by atoms with Crippen LogP contribution in [0.25, 0.3) is 10.9 Å². The number of fused-ring (bicyclic) bond motifs is 1. The number of nitrogens with one attached hydrogen (secondary N) is 3. The highest BCUT2D eigenvalue weighted by Gasteiger charge is 2.21. The summed E-state index contributed by atoms with van der Waals surface area (Å²) in [6.07, 6.45) is 0. The van der Waals surface area contributed by atoms with Gasteiger partial charge in [0, 0.05) is 25.7 Å². The Bertz CT molecular complexity index is 1430. The van der Waals surface area contributed by atoms with Gasteiger partial charge in [0.25, 0.3) is 5.91 Å². The fraction of sp³-hybridized carbons (Fsp3) is 0.0800. The van der Waals surface area contributed by atoms with E-state index in [1.165, 1.54) is 4.68 Å². The van der Waals surface area contributed by atoms with E-state index in [4.69, 9.17) is 0 Å². The first-order chi connectivity index (χ1) is 16.2. The zero-order valence-electron chi connectivity index (χ0n) is 18.3. The van der Waals surface area contributed by atoms with Crippen molar-refractivity contribution in [3.8, 4) is 0 Å². The molecule has 0 saturated heterocycles. The van der Waals surface area contributed by atoms with Gasteiger partial charge in [-0.1, -0.05) is 49.6 Å². The molecule has 4 aromatic rings. The number of amides is 3. The first-order valence-electron chi connectivity index (χ1n) is 10.3. The molecule has 1 aromatic heterocycles. The Morgan fingerprint density at radius 2 is 1.47 bits per heavy atom. The van der Waals surface area contributed by atoms with Gasteiger partial charge in [-0.25, -0.2) is 4.68 Å². The van der Waals surface area contributed by atoms with E-state index in [0.29, 0.717) is 22.3 Å². The third kappa shape index (κ3) is 5.21. The number of hydrogen-bond acceptors (Lipinski definition) is 3. The van der Waals surface area contributed by atoms with Crippen LogP contribution in [-0.2, 0) is 9.59 Å². The van der Waals surface area contributed by atoms with Gasteiger partial charge in [-0.2, -0.15) is 0 Å². The molecular weight excluding hydrogens is 564 g/mol. The predicted molar refractivity (Wildman–Crippen MR) is 141 cm³/mol. The maximum absolute atomic E-state index is 13.2. The van der Waals surface area contributed by atoms with Gasteiger partial charge >= 0.3 is 11.8 Å². The average molecular weight is 584 g/mol. The molecule has 9 heteroatoms. The third-order valence-electron chi connectivity index (χ3n) is 5.14. The lowest BCUT2D eigenvalue weighted by Crippen LogP contribution is -2.36. The van der Waals surface area contributed by atoms with Gasteiger partial charge in [-0.15, -0.1) is 0 Å². The highest BCUT2D eigenvalue weighted by molar-refractivity contribution is 9.10. The van der Waals surface area contributed by atoms with Crippen molar-refractivity contribution in [1.82, 2.24) is 4.68 Å². The molecule has 3 N–H and O–H groups in total. The van der Waals surface area contributed by atoms with Gasteiger partial charge in [0.1, 0.15) is 5.69 Å². The van der Waals surface area contributed by atoms with Crippen LogP contribution in [0.15, 0.2) is 75.7 Å². The fourth-order valence-electron chi connectivity index (χ4n) is 3.37. The number of hydrogen-bond donors (Lipinski definition) is 3. The fourth-order valence-corrected chi connectivity index (χ4v) is 3.99. The summed E-state index contributed by atoms with van der Waals surface area (Å²) in [7, 11) is 0. The van der Waals surface area contributed by atoms with E-state index in [-0.39, 0.29) is 5.69 Å². The molecule has 3 aromatic carbocycles. The van der Waals surface area contributed by atoms with Gasteiger partial charge in [-0.3, -0.25) is 19.8 Å². The highest BCUT2D eigenvalue weighted by Crippen LogP contribution is 2.25. The molecule has 0 saturated carbocycles. The minimum Gasteiger partial charge on any atom is -0.321 e. The minimum absolute atomic E-state index is 0.171. The van der Waals surface area contributed by atoms with Crippen LogP contribution in [0.1, 0.15) is 21.6 Å². The van der Waals surface area contributed by atoms with E-state index in [2.05, 4.69) is 47.9 Å². The van der Waals surface area contributed by atoms with Crippen molar-refractivity contribution >= 4 is 71.9 Å². The average Bonchev–Trinajstić information content (AvgIpc) is 3.15. The Labute approximate surface area is 212 Å². The molecule has 0 unspecified atom stereocenters. The molecule has 4 rings (SSSR count). The van der Waals surface area contributed by atoms with Crippen LogP contribution in [0.3, 0.4) is 0 Å². The molecule has 0 bridgehead atoms. The molecular formula is C25H20Br2N4O3. The molecule has 0 aliphatic heterocycles. The summed E-state index contributed by atoms with van der Waals surface area (Å²) in [5.41, 5.74) is 6.38. The van der Waals surface area contributed by atoms with E-state index >= 15 is 0 Å². The van der Waals surface area contributed by atoms with Crippen molar-refractivity contribution in [3.05, 3.63) is 92.5 Å². The third-order valence-corrected chi connectivity index (χ3v) is 6.52. The largest absolute Gasteiger partial charge is 0.328 e. The number of halogens is 2. The second kappa shape index (κ2) is 9.82. The number of aryl methyl sites for hydroxylation is 2. The number of anilines is 2. The van der Waals surface area contributed by atoms with Gasteiger partial charge < -0.3 is 10.6 Å². The lowest BCUT2D eigenvalue weighted by Gasteiger charge is -2.13. The summed E-state index contributed by atoms with van der Waals surface area (Å²) in [6.45, 7) is 3.84. The number of aromatic nitrogens is 1. The maximum atomic E-state index is 13.2. The van der Waals surface area contributed by atoms with E-state index in [1.54, 1.807) is 36.4 Å². The van der Waals surface area contributed by atoms with Gasteiger partial charge in [0.05, 0.1) is 5.52 Å². The Hall–Kier alpha value is -3.43. The zero-order valence-corrected chi connectivity index (χ0v) is 21.5. The summed E-state index contributed by atoms with van der Waals surface area (Å²) < 4.78 is 3.06. The van der Waals surface area contributed by atoms with Crippen molar-refractivity contribution < 1.29 is 14.4 Å². The second-order valence-corrected chi connectivity index (χ2v) is 9.52. The van der Waals surface area contributed by atoms with Crippen LogP contribution in [0.5, 0.6) is 0 Å². The molecule has 0 fully saturated rings. The van der Waals surface area contributed by atoms with Gasteiger partial charge in [-0.05, 0) is 74.0 Å². The van der Waals surface area contributed by atoms with Crippen molar-refractivity contribution in [2.45, 2.75) is 13.8 Å². The SMILES string of the molecule is Cc1ccc(NC(=O)C(=O)Nn2c(C(=O)Nc3ccc(Br)c(C)c3)cc3cc(Br)ccc32)cc1. The predicted octanol–water partition coefficient (Wildman–Crippen LogP) is 5.74.